The molecule has 21 heteroatoms. The second kappa shape index (κ2) is 31.8. The maximum Gasteiger partial charge on any atom is 0.255 e. The Kier molecular flexibility index (Phi) is 22.0. The lowest BCUT2D eigenvalue weighted by atomic mass is 9.92. The summed E-state index contributed by atoms with van der Waals surface area (Å²) in [7, 11) is 0. The Morgan fingerprint density at radius 2 is 0.697 bits per heavy atom. The molecule has 6 aliphatic heterocycles. The Morgan fingerprint density at radius 1 is 0.343 bits per heavy atom. The number of amides is 3. The number of fused-ring (bicyclic) bond motifs is 3. The number of carbonyl (C=O) groups excluding carboxylic acids is 9. The number of nitrogens with zero attached hydrogens (tertiary/aromatic N) is 6. The van der Waals surface area contributed by atoms with E-state index in [0.29, 0.717) is 112 Å². The number of carbonyl (C=O) groups is 9. The summed E-state index contributed by atoms with van der Waals surface area (Å²) in [6.07, 6.45) is 2.04. The Bertz CT molecular complexity index is 4020. The fourth-order valence-corrected chi connectivity index (χ4v) is 14.6. The minimum absolute atomic E-state index is 0.0413. The molecule has 3 saturated carbocycles. The first-order valence-corrected chi connectivity index (χ1v) is 34.7. The van der Waals surface area contributed by atoms with Gasteiger partial charge in [0.2, 0.25) is 0 Å². The Hall–Kier alpha value is -9.09. The van der Waals surface area contributed by atoms with Gasteiger partial charge in [-0.1, -0.05) is 91.0 Å². The average Bonchev–Trinajstić information content (AvgIpc) is 1.65. The van der Waals surface area contributed by atoms with Crippen LogP contribution in [-0.4, -0.2) is 179 Å². The highest BCUT2D eigenvalue weighted by Gasteiger charge is 2.43. The fraction of sp³-hybridized carbons (Fsp3) is 0.423. The zero-order valence-electron chi connectivity index (χ0n) is 55.9. The molecule has 15 rings (SSSR count). The Labute approximate surface area is 576 Å². The molecule has 516 valence electrons. The van der Waals surface area contributed by atoms with Crippen LogP contribution in [0.1, 0.15) is 139 Å². The molecule has 3 saturated heterocycles. The normalized spacial score (nSPS) is 21.4. The molecule has 0 N–H and O–H groups in total. The smallest absolute Gasteiger partial charge is 0.255 e. The topological polar surface area (TPSA) is 228 Å². The molecule has 21 nitrogen and oxygen atoms in total. The van der Waals surface area contributed by atoms with Crippen LogP contribution in [0.15, 0.2) is 127 Å². The van der Waals surface area contributed by atoms with Gasteiger partial charge in [-0.05, 0) is 89.0 Å². The third kappa shape index (κ3) is 16.5. The molecule has 0 spiro atoms. The third-order valence-corrected chi connectivity index (χ3v) is 20.1. The first-order chi connectivity index (χ1) is 48.3. The van der Waals surface area contributed by atoms with E-state index in [2.05, 4.69) is 63.2 Å². The van der Waals surface area contributed by atoms with Crippen molar-refractivity contribution < 1.29 is 71.6 Å². The number of hydrogen-bond acceptors (Lipinski definition) is 18. The quantitative estimate of drug-likeness (QED) is 0.0738. The van der Waals surface area contributed by atoms with Gasteiger partial charge < -0.3 is 43.1 Å². The van der Waals surface area contributed by atoms with E-state index < -0.39 is 18.1 Å². The van der Waals surface area contributed by atoms with Gasteiger partial charge in [-0.25, -0.2) is 0 Å². The molecule has 9 aliphatic rings. The van der Waals surface area contributed by atoms with Crippen LogP contribution in [-0.2, 0) is 102 Å². The van der Waals surface area contributed by atoms with Crippen molar-refractivity contribution in [3.8, 4) is 17.2 Å². The number of hydrogen-bond donors (Lipinski definition) is 0. The van der Waals surface area contributed by atoms with Crippen molar-refractivity contribution in [2.75, 3.05) is 78.9 Å². The summed E-state index contributed by atoms with van der Waals surface area (Å²) in [4.78, 5) is 123. The second-order valence-corrected chi connectivity index (χ2v) is 26.8. The minimum Gasteiger partial charge on any atom is -0.489 e. The lowest BCUT2D eigenvalue weighted by Crippen LogP contribution is -2.44. The van der Waals surface area contributed by atoms with Gasteiger partial charge in [0.1, 0.15) is 54.4 Å². The molecule has 3 aliphatic carbocycles. The molecule has 0 aromatic heterocycles. The zero-order valence-corrected chi connectivity index (χ0v) is 55.9. The number of ether oxygens (including phenoxy) is 6. The molecule has 6 aromatic carbocycles. The van der Waals surface area contributed by atoms with Crippen LogP contribution in [0.2, 0.25) is 0 Å². The Balaban J connectivity index is 0.000000133. The van der Waals surface area contributed by atoms with Gasteiger partial charge in [-0.3, -0.25) is 57.9 Å². The highest BCUT2D eigenvalue weighted by molar-refractivity contribution is 6.10. The largest absolute Gasteiger partial charge is 0.489 e. The van der Waals surface area contributed by atoms with E-state index in [1.165, 1.54) is 16.7 Å². The molecule has 3 amide bonds. The SMILES string of the molecule is O=C1CCC(N2Cc3c(OCc4ccc(CN5CCOCC5)cc4)cccc3C2=O)C(=O)C1.O=C1CCC(N2Cc3c(OCc4cccc(CN5CCOCC5)c4)cccc3C2=O)C(=O)C1.O=C1CCC(N2Cc3c(OCc4ccccc4CN4CCOCC4)cccc3C2=O)C(=O)C1. The van der Waals surface area contributed by atoms with Crippen molar-refractivity contribution in [1.82, 2.24) is 29.4 Å². The predicted molar refractivity (Wildman–Crippen MR) is 363 cm³/mol. The van der Waals surface area contributed by atoms with Crippen LogP contribution in [0.4, 0.5) is 0 Å². The summed E-state index contributed by atoms with van der Waals surface area (Å²) < 4.78 is 34.8. The highest BCUT2D eigenvalue weighted by atomic mass is 16.5. The van der Waals surface area contributed by atoms with E-state index in [1.54, 1.807) is 32.9 Å². The van der Waals surface area contributed by atoms with E-state index in [4.69, 9.17) is 28.4 Å². The van der Waals surface area contributed by atoms with Gasteiger partial charge in [0.05, 0.1) is 96.7 Å². The predicted octanol–water partition coefficient (Wildman–Crippen LogP) is 8.23. The van der Waals surface area contributed by atoms with E-state index >= 15 is 0 Å². The van der Waals surface area contributed by atoms with Crippen LogP contribution in [0, 0.1) is 0 Å². The maximum absolute atomic E-state index is 13.0. The lowest BCUT2D eigenvalue weighted by Gasteiger charge is -2.29. The van der Waals surface area contributed by atoms with Crippen molar-refractivity contribution in [2.24, 2.45) is 0 Å². The summed E-state index contributed by atoms with van der Waals surface area (Å²) in [5, 5.41) is 0. The van der Waals surface area contributed by atoms with Gasteiger partial charge in [0.25, 0.3) is 17.7 Å². The number of Topliss-reactive ketones (excluding diaryl/α,β-unsaturated/α-hetero) is 6. The molecule has 6 aromatic rings. The van der Waals surface area contributed by atoms with Gasteiger partial charge in [-0.15, -0.1) is 0 Å². The summed E-state index contributed by atoms with van der Waals surface area (Å²) in [5.41, 5.74) is 11.2. The van der Waals surface area contributed by atoms with Crippen LogP contribution in [0.3, 0.4) is 0 Å². The summed E-state index contributed by atoms with van der Waals surface area (Å²) in [5.74, 6) is 0.930. The van der Waals surface area contributed by atoms with Crippen LogP contribution >= 0.6 is 0 Å². The molecule has 6 heterocycles. The first-order valence-electron chi connectivity index (χ1n) is 34.7. The number of morpholine rings is 3. The van der Waals surface area contributed by atoms with Crippen LogP contribution in [0.25, 0.3) is 0 Å². The molecular weight excluding hydrogens is 1260 g/mol. The molecule has 3 atom stereocenters. The highest BCUT2D eigenvalue weighted by Crippen LogP contribution is 2.38. The summed E-state index contributed by atoms with van der Waals surface area (Å²) >= 11 is 0. The standard InChI is InChI=1S/3C26H28N2O5/c29-20-7-8-23(24(30)14-20)28-16-22-21(26(28)31)5-2-6-25(22)33-17-19-4-1-3-18(13-19)15-27-9-11-32-12-10-27;29-20-8-9-23(24(30)14-20)28-16-22-21(26(28)31)6-3-7-25(22)33-17-19-5-2-1-4-18(19)15-27-10-12-32-13-11-27;29-20-8-9-23(24(30)14-20)28-16-22-21(26(28)31)2-1-3-25(22)33-17-19-6-4-18(5-7-19)15-27-10-12-32-13-11-27/h1-6,13,23H,7-12,14-17H2;2*1-7,23H,8-17H2. The first kappa shape index (κ1) is 68.4. The van der Waals surface area contributed by atoms with Crippen molar-refractivity contribution in [3.05, 3.63) is 194 Å². The molecule has 3 unspecified atom stereocenters. The van der Waals surface area contributed by atoms with E-state index in [-0.39, 0.29) is 71.7 Å². The van der Waals surface area contributed by atoms with Crippen molar-refractivity contribution in [3.63, 3.8) is 0 Å². The molecule has 99 heavy (non-hydrogen) atoms. The Morgan fingerprint density at radius 3 is 1.12 bits per heavy atom. The minimum atomic E-state index is -0.523. The fourth-order valence-electron chi connectivity index (χ4n) is 14.6. The summed E-state index contributed by atoms with van der Waals surface area (Å²) in [6.45, 7) is 15.2. The zero-order chi connectivity index (χ0) is 68.4. The van der Waals surface area contributed by atoms with Crippen molar-refractivity contribution in [2.45, 2.75) is 135 Å². The van der Waals surface area contributed by atoms with E-state index in [9.17, 15) is 43.2 Å². The summed E-state index contributed by atoms with van der Waals surface area (Å²) in [6, 6.07) is 39.9. The van der Waals surface area contributed by atoms with Crippen LogP contribution < -0.4 is 14.2 Å². The van der Waals surface area contributed by atoms with Gasteiger partial charge >= 0.3 is 0 Å². The van der Waals surface area contributed by atoms with Crippen LogP contribution in [0.5, 0.6) is 17.2 Å². The maximum atomic E-state index is 13.0. The third-order valence-electron chi connectivity index (χ3n) is 20.1. The number of rotatable bonds is 18. The number of benzene rings is 6. The molecule has 0 bridgehead atoms. The lowest BCUT2D eigenvalue weighted by molar-refractivity contribution is -0.134. The van der Waals surface area contributed by atoms with Crippen molar-refractivity contribution >= 4 is 52.4 Å². The van der Waals surface area contributed by atoms with E-state index in [1.807, 2.05) is 60.7 Å². The van der Waals surface area contributed by atoms with Gasteiger partial charge in [0, 0.05) is 112 Å². The van der Waals surface area contributed by atoms with Gasteiger partial charge in [0.15, 0.2) is 17.3 Å². The molecular formula is C78H84N6O15. The van der Waals surface area contributed by atoms with Crippen molar-refractivity contribution in [1.29, 1.82) is 0 Å². The molecule has 0 radical (unpaired) electrons. The molecule has 6 fully saturated rings. The van der Waals surface area contributed by atoms with E-state index in [0.717, 1.165) is 132 Å². The monoisotopic (exact) mass is 1340 g/mol. The number of ketones is 6. The average molecular weight is 1350 g/mol. The second-order valence-electron chi connectivity index (χ2n) is 26.8. The van der Waals surface area contributed by atoms with Gasteiger partial charge in [-0.2, -0.15) is 0 Å².